The third kappa shape index (κ3) is 5.43. The lowest BCUT2D eigenvalue weighted by Crippen LogP contribution is -2.48. The fourth-order valence-corrected chi connectivity index (χ4v) is 3.54. The topological polar surface area (TPSA) is 61.8 Å². The van der Waals surface area contributed by atoms with Gasteiger partial charge in [-0.2, -0.15) is 0 Å². The standard InChI is InChI=1S/C19H34N2O3/c1-19(2,3)8-17(22)20-9-16-18(23)15(12-24-16)21(10-13-4-5-13)11-14-6-7-14/h13-16,18,23H,4-12H2,1-3H3,(H,20,22)/t15-,16-,18+/m1/s1. The second kappa shape index (κ2) is 7.30. The van der Waals surface area contributed by atoms with Crippen molar-refractivity contribution in [2.75, 3.05) is 26.2 Å². The van der Waals surface area contributed by atoms with Crippen LogP contribution in [0.15, 0.2) is 0 Å². The summed E-state index contributed by atoms with van der Waals surface area (Å²) in [5, 5.41) is 13.6. The first kappa shape index (κ1) is 18.2. The minimum atomic E-state index is -0.502. The fraction of sp³-hybridized carbons (Fsp3) is 0.947. The van der Waals surface area contributed by atoms with Gasteiger partial charge in [0.1, 0.15) is 6.10 Å². The zero-order chi connectivity index (χ0) is 17.3. The molecule has 0 bridgehead atoms. The van der Waals surface area contributed by atoms with Gasteiger partial charge in [-0.15, -0.1) is 0 Å². The van der Waals surface area contributed by atoms with E-state index < -0.39 is 6.10 Å². The molecule has 0 unspecified atom stereocenters. The Morgan fingerprint density at radius 2 is 1.75 bits per heavy atom. The predicted octanol–water partition coefficient (Wildman–Crippen LogP) is 1.79. The molecule has 0 aromatic rings. The Kier molecular flexibility index (Phi) is 5.52. The molecule has 0 spiro atoms. The van der Waals surface area contributed by atoms with Crippen molar-refractivity contribution in [3.63, 3.8) is 0 Å². The third-order valence-electron chi connectivity index (χ3n) is 5.30. The minimum Gasteiger partial charge on any atom is -0.389 e. The SMILES string of the molecule is CC(C)(C)CC(=O)NC[C@H]1OC[C@@H](N(CC2CC2)CC2CC2)[C@@H]1O. The summed E-state index contributed by atoms with van der Waals surface area (Å²) in [6.45, 7) is 9.36. The van der Waals surface area contributed by atoms with Crippen LogP contribution >= 0.6 is 0 Å². The number of hydrogen-bond donors (Lipinski definition) is 2. The van der Waals surface area contributed by atoms with Gasteiger partial charge >= 0.3 is 0 Å². The Morgan fingerprint density at radius 3 is 2.25 bits per heavy atom. The van der Waals surface area contributed by atoms with Crippen molar-refractivity contribution in [1.82, 2.24) is 10.2 Å². The van der Waals surface area contributed by atoms with Crippen molar-refractivity contribution in [3.8, 4) is 0 Å². The molecule has 0 aromatic heterocycles. The number of carbonyl (C=O) groups excluding carboxylic acids is 1. The van der Waals surface area contributed by atoms with Gasteiger partial charge < -0.3 is 15.2 Å². The van der Waals surface area contributed by atoms with E-state index >= 15 is 0 Å². The van der Waals surface area contributed by atoms with Gasteiger partial charge in [-0.1, -0.05) is 20.8 Å². The number of aliphatic hydroxyl groups is 1. The van der Waals surface area contributed by atoms with Crippen molar-refractivity contribution < 1.29 is 14.6 Å². The molecule has 3 fully saturated rings. The van der Waals surface area contributed by atoms with Gasteiger partial charge in [-0.05, 0) is 42.9 Å². The lowest BCUT2D eigenvalue weighted by molar-refractivity contribution is -0.123. The molecule has 1 amide bonds. The summed E-state index contributed by atoms with van der Waals surface area (Å²) in [4.78, 5) is 14.5. The van der Waals surface area contributed by atoms with E-state index in [0.29, 0.717) is 19.6 Å². The van der Waals surface area contributed by atoms with E-state index in [1.54, 1.807) is 0 Å². The molecule has 3 aliphatic rings. The van der Waals surface area contributed by atoms with Gasteiger partial charge in [0.15, 0.2) is 0 Å². The van der Waals surface area contributed by atoms with Crippen LogP contribution < -0.4 is 5.32 Å². The summed E-state index contributed by atoms with van der Waals surface area (Å²) >= 11 is 0. The van der Waals surface area contributed by atoms with Crippen LogP contribution in [0.25, 0.3) is 0 Å². The molecular weight excluding hydrogens is 304 g/mol. The minimum absolute atomic E-state index is 0.0207. The molecular formula is C19H34N2O3. The van der Waals surface area contributed by atoms with Gasteiger partial charge in [0, 0.05) is 26.1 Å². The number of amides is 1. The van der Waals surface area contributed by atoms with Crippen molar-refractivity contribution in [1.29, 1.82) is 0 Å². The van der Waals surface area contributed by atoms with Crippen LogP contribution in [0.4, 0.5) is 0 Å². The van der Waals surface area contributed by atoms with Crippen LogP contribution in [0.3, 0.4) is 0 Å². The molecule has 0 radical (unpaired) electrons. The highest BCUT2D eigenvalue weighted by atomic mass is 16.5. The molecule has 3 rings (SSSR count). The highest BCUT2D eigenvalue weighted by Gasteiger charge is 2.42. The Morgan fingerprint density at radius 1 is 1.17 bits per heavy atom. The van der Waals surface area contributed by atoms with Crippen molar-refractivity contribution >= 4 is 5.91 Å². The lowest BCUT2D eigenvalue weighted by atomic mass is 9.92. The zero-order valence-corrected chi connectivity index (χ0v) is 15.5. The summed E-state index contributed by atoms with van der Waals surface area (Å²) in [5.41, 5.74) is -0.0207. The van der Waals surface area contributed by atoms with Crippen LogP contribution in [0.5, 0.6) is 0 Å². The number of nitrogens with zero attached hydrogens (tertiary/aromatic N) is 1. The molecule has 3 atom stereocenters. The third-order valence-corrected chi connectivity index (χ3v) is 5.30. The lowest BCUT2D eigenvalue weighted by Gasteiger charge is -2.31. The monoisotopic (exact) mass is 338 g/mol. The first-order valence-electron chi connectivity index (χ1n) is 9.62. The largest absolute Gasteiger partial charge is 0.389 e. The first-order chi connectivity index (χ1) is 11.3. The molecule has 0 aromatic carbocycles. The van der Waals surface area contributed by atoms with Crippen LogP contribution in [-0.2, 0) is 9.53 Å². The van der Waals surface area contributed by atoms with Gasteiger partial charge in [0.25, 0.3) is 0 Å². The molecule has 1 saturated heterocycles. The van der Waals surface area contributed by atoms with E-state index in [1.807, 2.05) is 0 Å². The molecule has 2 N–H and O–H groups in total. The Bertz CT molecular complexity index is 426. The number of aliphatic hydroxyl groups excluding tert-OH is 1. The van der Waals surface area contributed by atoms with Gasteiger partial charge in [0.05, 0.1) is 18.8 Å². The van der Waals surface area contributed by atoms with E-state index in [4.69, 9.17) is 4.74 Å². The highest BCUT2D eigenvalue weighted by molar-refractivity contribution is 5.76. The van der Waals surface area contributed by atoms with E-state index in [2.05, 4.69) is 31.0 Å². The summed E-state index contributed by atoms with van der Waals surface area (Å²) in [5.74, 6) is 1.68. The van der Waals surface area contributed by atoms with E-state index in [0.717, 1.165) is 24.9 Å². The van der Waals surface area contributed by atoms with Crippen molar-refractivity contribution in [2.24, 2.45) is 17.3 Å². The Labute approximate surface area is 146 Å². The van der Waals surface area contributed by atoms with Crippen LogP contribution in [0.2, 0.25) is 0 Å². The maximum Gasteiger partial charge on any atom is 0.220 e. The molecule has 2 saturated carbocycles. The Balaban J connectivity index is 1.47. The van der Waals surface area contributed by atoms with E-state index in [1.165, 1.54) is 25.7 Å². The van der Waals surface area contributed by atoms with Crippen molar-refractivity contribution in [3.05, 3.63) is 0 Å². The predicted molar refractivity (Wildman–Crippen MR) is 93.6 cm³/mol. The van der Waals surface area contributed by atoms with E-state index in [9.17, 15) is 9.90 Å². The highest BCUT2D eigenvalue weighted by Crippen LogP contribution is 2.36. The summed E-state index contributed by atoms with van der Waals surface area (Å²) < 4.78 is 5.84. The molecule has 1 aliphatic heterocycles. The number of rotatable bonds is 8. The molecule has 24 heavy (non-hydrogen) atoms. The van der Waals surface area contributed by atoms with Gasteiger partial charge in [-0.25, -0.2) is 0 Å². The second-order valence-corrected chi connectivity index (χ2v) is 9.31. The number of nitrogens with one attached hydrogen (secondary N) is 1. The van der Waals surface area contributed by atoms with Crippen molar-refractivity contribution in [2.45, 2.75) is 71.1 Å². The average Bonchev–Trinajstić information content (AvgIpc) is 3.37. The maximum absolute atomic E-state index is 12.0. The smallest absolute Gasteiger partial charge is 0.220 e. The molecule has 1 heterocycles. The molecule has 138 valence electrons. The molecule has 5 heteroatoms. The number of ether oxygens (including phenoxy) is 1. The quantitative estimate of drug-likeness (QED) is 0.708. The number of hydrogen-bond acceptors (Lipinski definition) is 4. The maximum atomic E-state index is 12.0. The van der Waals surface area contributed by atoms with Gasteiger partial charge in [-0.3, -0.25) is 9.69 Å². The first-order valence-corrected chi connectivity index (χ1v) is 9.62. The molecule has 2 aliphatic carbocycles. The Hall–Kier alpha value is -0.650. The van der Waals surface area contributed by atoms with Crippen LogP contribution in [0.1, 0.15) is 52.9 Å². The fourth-order valence-electron chi connectivity index (χ4n) is 3.54. The van der Waals surface area contributed by atoms with Gasteiger partial charge in [0.2, 0.25) is 5.91 Å². The van der Waals surface area contributed by atoms with E-state index in [-0.39, 0.29) is 23.5 Å². The summed E-state index contributed by atoms with van der Waals surface area (Å²) in [6, 6.07) is 0.0933. The number of carbonyl (C=O) groups is 1. The zero-order valence-electron chi connectivity index (χ0n) is 15.5. The summed E-state index contributed by atoms with van der Waals surface area (Å²) in [6.07, 6.45) is 5.04. The normalized spacial score (nSPS) is 30.8. The second-order valence-electron chi connectivity index (χ2n) is 9.31. The molecule has 5 nitrogen and oxygen atoms in total. The van der Waals surface area contributed by atoms with Crippen LogP contribution in [-0.4, -0.2) is 60.4 Å². The average molecular weight is 338 g/mol. The summed E-state index contributed by atoms with van der Waals surface area (Å²) in [7, 11) is 0. The van der Waals surface area contributed by atoms with Crippen LogP contribution in [0, 0.1) is 17.3 Å².